The van der Waals surface area contributed by atoms with Crippen LogP contribution in [0.4, 0.5) is 0 Å². The number of nitrogens with one attached hydrogen (secondary N) is 1. The molecule has 0 spiro atoms. The van der Waals surface area contributed by atoms with Crippen molar-refractivity contribution in [2.45, 2.75) is 18.2 Å². The molecular formula is C19H19ClN2O4S. The molecule has 2 aromatic carbocycles. The Bertz CT molecular complexity index is 973. The third-order valence-electron chi connectivity index (χ3n) is 4.39. The summed E-state index contributed by atoms with van der Waals surface area (Å²) in [5.74, 6) is -1.77. The first-order valence-electron chi connectivity index (χ1n) is 8.42. The SMILES string of the molecule is Cc1cccc(CC2CNC(=O)CN(S(=O)(=O)c3ccc(Cl)cc3)C2=O)c1. The lowest BCUT2D eigenvalue weighted by Gasteiger charge is -2.23. The van der Waals surface area contributed by atoms with Crippen LogP contribution in [0.1, 0.15) is 11.1 Å². The van der Waals surface area contributed by atoms with Crippen LogP contribution in [0.2, 0.25) is 5.02 Å². The molecule has 2 amide bonds. The molecule has 0 saturated carbocycles. The Labute approximate surface area is 163 Å². The van der Waals surface area contributed by atoms with Crippen LogP contribution in [0.5, 0.6) is 0 Å². The molecule has 1 N–H and O–H groups in total. The number of carbonyl (C=O) groups is 2. The predicted molar refractivity (Wildman–Crippen MR) is 102 cm³/mol. The monoisotopic (exact) mass is 406 g/mol. The van der Waals surface area contributed by atoms with Gasteiger partial charge in [0, 0.05) is 11.6 Å². The Morgan fingerprint density at radius 3 is 2.52 bits per heavy atom. The van der Waals surface area contributed by atoms with E-state index >= 15 is 0 Å². The number of hydrogen-bond acceptors (Lipinski definition) is 4. The fourth-order valence-corrected chi connectivity index (χ4v) is 4.55. The Kier molecular flexibility index (Phi) is 5.53. The number of carbonyl (C=O) groups excluding carboxylic acids is 2. The van der Waals surface area contributed by atoms with Crippen molar-refractivity contribution < 1.29 is 18.0 Å². The number of aryl methyl sites for hydroxylation is 1. The minimum atomic E-state index is -4.15. The quantitative estimate of drug-likeness (QED) is 0.843. The number of sulfonamides is 1. The summed E-state index contributed by atoms with van der Waals surface area (Å²) in [6.07, 6.45) is 0.341. The molecule has 0 aromatic heterocycles. The van der Waals surface area contributed by atoms with Gasteiger partial charge in [-0.2, -0.15) is 0 Å². The summed E-state index contributed by atoms with van der Waals surface area (Å²) in [6, 6.07) is 13.2. The molecule has 1 fully saturated rings. The third kappa shape index (κ3) is 4.31. The molecule has 1 heterocycles. The largest absolute Gasteiger partial charge is 0.354 e. The first-order chi connectivity index (χ1) is 12.8. The van der Waals surface area contributed by atoms with Crippen molar-refractivity contribution in [3.05, 3.63) is 64.7 Å². The molecule has 1 aliphatic rings. The fourth-order valence-electron chi connectivity index (χ4n) is 3.01. The van der Waals surface area contributed by atoms with Crippen molar-refractivity contribution >= 4 is 33.4 Å². The molecule has 0 bridgehead atoms. The van der Waals surface area contributed by atoms with E-state index in [1.165, 1.54) is 24.3 Å². The highest BCUT2D eigenvalue weighted by Gasteiger charge is 2.38. The lowest BCUT2D eigenvalue weighted by atomic mass is 9.97. The highest BCUT2D eigenvalue weighted by Crippen LogP contribution is 2.23. The molecule has 0 radical (unpaired) electrons. The average Bonchev–Trinajstić information content (AvgIpc) is 2.76. The van der Waals surface area contributed by atoms with E-state index in [1.807, 2.05) is 31.2 Å². The number of nitrogens with zero attached hydrogens (tertiary/aromatic N) is 1. The maximum Gasteiger partial charge on any atom is 0.266 e. The first-order valence-corrected chi connectivity index (χ1v) is 10.2. The van der Waals surface area contributed by atoms with Crippen LogP contribution < -0.4 is 5.32 Å². The van der Waals surface area contributed by atoms with Gasteiger partial charge in [0.2, 0.25) is 11.8 Å². The molecule has 3 rings (SSSR count). The Balaban J connectivity index is 1.92. The van der Waals surface area contributed by atoms with E-state index in [4.69, 9.17) is 11.6 Å². The Morgan fingerprint density at radius 2 is 1.85 bits per heavy atom. The fraction of sp³-hybridized carbons (Fsp3) is 0.263. The van der Waals surface area contributed by atoms with Crippen LogP contribution in [0.3, 0.4) is 0 Å². The van der Waals surface area contributed by atoms with Gasteiger partial charge in [-0.1, -0.05) is 41.4 Å². The van der Waals surface area contributed by atoms with Crippen LogP contribution in [-0.2, 0) is 26.0 Å². The van der Waals surface area contributed by atoms with Gasteiger partial charge < -0.3 is 5.32 Å². The number of amides is 2. The number of halogens is 1. The maximum absolute atomic E-state index is 13.0. The smallest absolute Gasteiger partial charge is 0.266 e. The van der Waals surface area contributed by atoms with E-state index in [0.29, 0.717) is 15.7 Å². The molecule has 1 aliphatic heterocycles. The molecule has 1 unspecified atom stereocenters. The topological polar surface area (TPSA) is 83.6 Å². The summed E-state index contributed by atoms with van der Waals surface area (Å²) in [7, 11) is -4.15. The second-order valence-electron chi connectivity index (χ2n) is 6.50. The second kappa shape index (κ2) is 7.70. The van der Waals surface area contributed by atoms with Gasteiger partial charge in [-0.15, -0.1) is 0 Å². The standard InChI is InChI=1S/C19H19ClN2O4S/c1-13-3-2-4-14(9-13)10-15-11-21-18(23)12-22(19(15)24)27(25,26)17-7-5-16(20)6-8-17/h2-9,15H,10-12H2,1H3,(H,21,23). The zero-order chi connectivity index (χ0) is 19.6. The van der Waals surface area contributed by atoms with E-state index in [2.05, 4.69) is 5.32 Å². The number of benzene rings is 2. The molecule has 27 heavy (non-hydrogen) atoms. The van der Waals surface area contributed by atoms with E-state index in [0.717, 1.165) is 11.1 Å². The lowest BCUT2D eigenvalue weighted by molar-refractivity contribution is -0.131. The minimum absolute atomic E-state index is 0.0794. The molecule has 1 saturated heterocycles. The van der Waals surface area contributed by atoms with Crippen LogP contribution in [0.25, 0.3) is 0 Å². The summed E-state index contributed by atoms with van der Waals surface area (Å²) in [5.41, 5.74) is 1.96. The molecule has 8 heteroatoms. The minimum Gasteiger partial charge on any atom is -0.354 e. The van der Waals surface area contributed by atoms with Gasteiger partial charge in [0.15, 0.2) is 0 Å². The van der Waals surface area contributed by atoms with Gasteiger partial charge in [-0.05, 0) is 43.2 Å². The molecule has 142 valence electrons. The van der Waals surface area contributed by atoms with Gasteiger partial charge >= 0.3 is 0 Å². The Hall–Kier alpha value is -2.38. The summed E-state index contributed by atoms with van der Waals surface area (Å²) < 4.78 is 26.5. The summed E-state index contributed by atoms with van der Waals surface area (Å²) in [6.45, 7) is 1.50. The van der Waals surface area contributed by atoms with Crippen molar-refractivity contribution in [3.63, 3.8) is 0 Å². The summed E-state index contributed by atoms with van der Waals surface area (Å²) >= 11 is 5.81. The van der Waals surface area contributed by atoms with E-state index in [-0.39, 0.29) is 11.4 Å². The number of rotatable bonds is 4. The third-order valence-corrected chi connectivity index (χ3v) is 6.40. The van der Waals surface area contributed by atoms with Crippen molar-refractivity contribution in [2.24, 2.45) is 5.92 Å². The summed E-state index contributed by atoms with van der Waals surface area (Å²) in [5, 5.41) is 3.02. The zero-order valence-corrected chi connectivity index (χ0v) is 16.3. The van der Waals surface area contributed by atoms with Gasteiger partial charge in [0.05, 0.1) is 10.8 Å². The molecular weight excluding hydrogens is 388 g/mol. The van der Waals surface area contributed by atoms with Crippen LogP contribution >= 0.6 is 11.6 Å². The molecule has 0 aliphatic carbocycles. The molecule has 6 nitrogen and oxygen atoms in total. The van der Waals surface area contributed by atoms with Gasteiger partial charge in [-0.3, -0.25) is 9.59 Å². The summed E-state index contributed by atoms with van der Waals surface area (Å²) in [4.78, 5) is 24.9. The van der Waals surface area contributed by atoms with Gasteiger partial charge in [-0.25, -0.2) is 12.7 Å². The predicted octanol–water partition coefficient (Wildman–Crippen LogP) is 2.15. The highest BCUT2D eigenvalue weighted by atomic mass is 35.5. The highest BCUT2D eigenvalue weighted by molar-refractivity contribution is 7.89. The second-order valence-corrected chi connectivity index (χ2v) is 8.80. The number of hydrogen-bond donors (Lipinski definition) is 1. The zero-order valence-electron chi connectivity index (χ0n) is 14.7. The van der Waals surface area contributed by atoms with Crippen LogP contribution in [0.15, 0.2) is 53.4 Å². The Morgan fingerprint density at radius 1 is 1.15 bits per heavy atom. The van der Waals surface area contributed by atoms with E-state index in [9.17, 15) is 18.0 Å². The average molecular weight is 407 g/mol. The lowest BCUT2D eigenvalue weighted by Crippen LogP contribution is -2.42. The van der Waals surface area contributed by atoms with Crippen molar-refractivity contribution in [1.82, 2.24) is 9.62 Å². The van der Waals surface area contributed by atoms with E-state index < -0.39 is 34.3 Å². The van der Waals surface area contributed by atoms with E-state index in [1.54, 1.807) is 0 Å². The van der Waals surface area contributed by atoms with Crippen molar-refractivity contribution in [3.8, 4) is 0 Å². The van der Waals surface area contributed by atoms with Crippen molar-refractivity contribution in [1.29, 1.82) is 0 Å². The first kappa shape index (κ1) is 19.4. The maximum atomic E-state index is 13.0. The molecule has 1 atom stereocenters. The van der Waals surface area contributed by atoms with Crippen LogP contribution in [-0.4, -0.2) is 37.6 Å². The van der Waals surface area contributed by atoms with Crippen molar-refractivity contribution in [2.75, 3.05) is 13.1 Å². The van der Waals surface area contributed by atoms with Gasteiger partial charge in [0.1, 0.15) is 6.54 Å². The van der Waals surface area contributed by atoms with Crippen LogP contribution in [0, 0.1) is 12.8 Å². The van der Waals surface area contributed by atoms with Gasteiger partial charge in [0.25, 0.3) is 10.0 Å². The normalized spacial score (nSPS) is 18.1. The molecule has 2 aromatic rings.